The van der Waals surface area contributed by atoms with Crippen molar-refractivity contribution in [2.45, 2.75) is 6.92 Å². The molecule has 0 aliphatic carbocycles. The van der Waals surface area contributed by atoms with Gasteiger partial charge in [-0.2, -0.15) is 0 Å². The number of phenolic OH excluding ortho intramolecular Hbond substituents is 1. The summed E-state index contributed by atoms with van der Waals surface area (Å²) in [6, 6.07) is 24.8. The van der Waals surface area contributed by atoms with Crippen LogP contribution in [0.5, 0.6) is 5.75 Å². The van der Waals surface area contributed by atoms with E-state index in [1.165, 1.54) is 5.39 Å². The molecule has 4 rings (SSSR count). The molecule has 0 aliphatic heterocycles. The van der Waals surface area contributed by atoms with Crippen molar-refractivity contribution < 1.29 is 5.11 Å². The fourth-order valence-electron chi connectivity index (χ4n) is 3.19. The lowest BCUT2D eigenvalue weighted by Gasteiger charge is -2.14. The molecular formula is C21H16O. The molecule has 0 aliphatic rings. The van der Waals surface area contributed by atoms with E-state index >= 15 is 0 Å². The third kappa shape index (κ3) is 1.86. The molecule has 1 heteroatoms. The van der Waals surface area contributed by atoms with E-state index in [1.807, 2.05) is 43.3 Å². The zero-order valence-corrected chi connectivity index (χ0v) is 12.4. The summed E-state index contributed by atoms with van der Waals surface area (Å²) in [7, 11) is 0. The Kier molecular flexibility index (Phi) is 2.87. The minimum atomic E-state index is 0.370. The Morgan fingerprint density at radius 2 is 1.32 bits per heavy atom. The number of benzene rings is 4. The van der Waals surface area contributed by atoms with Gasteiger partial charge < -0.3 is 5.11 Å². The molecule has 0 unspecified atom stereocenters. The smallest absolute Gasteiger partial charge is 0.126 e. The van der Waals surface area contributed by atoms with E-state index in [2.05, 4.69) is 36.4 Å². The summed E-state index contributed by atoms with van der Waals surface area (Å²) < 4.78 is 0. The summed E-state index contributed by atoms with van der Waals surface area (Å²) >= 11 is 0. The molecule has 0 amide bonds. The number of hydrogen-bond acceptors (Lipinski definition) is 1. The average molecular weight is 284 g/mol. The van der Waals surface area contributed by atoms with Crippen LogP contribution in [0.2, 0.25) is 0 Å². The zero-order valence-electron chi connectivity index (χ0n) is 12.4. The Balaban J connectivity index is 2.19. The predicted molar refractivity (Wildman–Crippen MR) is 93.3 cm³/mol. The van der Waals surface area contributed by atoms with Crippen LogP contribution in [0, 0.1) is 6.92 Å². The third-order valence-corrected chi connectivity index (χ3v) is 4.27. The Morgan fingerprint density at radius 3 is 2.14 bits per heavy atom. The summed E-state index contributed by atoms with van der Waals surface area (Å²) in [6.07, 6.45) is 0. The first kappa shape index (κ1) is 12.9. The summed E-state index contributed by atoms with van der Waals surface area (Å²) in [5.41, 5.74) is 2.91. The number of rotatable bonds is 1. The van der Waals surface area contributed by atoms with Crippen LogP contribution in [-0.2, 0) is 0 Å². The van der Waals surface area contributed by atoms with Gasteiger partial charge in [0.25, 0.3) is 0 Å². The van der Waals surface area contributed by atoms with Crippen molar-refractivity contribution in [1.29, 1.82) is 0 Å². The van der Waals surface area contributed by atoms with Crippen molar-refractivity contribution in [2.75, 3.05) is 0 Å². The Bertz CT molecular complexity index is 994. The molecule has 0 heterocycles. The zero-order chi connectivity index (χ0) is 15.1. The van der Waals surface area contributed by atoms with Gasteiger partial charge in [-0.3, -0.25) is 0 Å². The van der Waals surface area contributed by atoms with Gasteiger partial charge in [-0.15, -0.1) is 0 Å². The van der Waals surface area contributed by atoms with Crippen molar-refractivity contribution in [3.8, 4) is 16.9 Å². The quantitative estimate of drug-likeness (QED) is 0.477. The van der Waals surface area contributed by atoms with E-state index in [0.717, 1.165) is 32.8 Å². The van der Waals surface area contributed by atoms with Gasteiger partial charge in [0, 0.05) is 5.56 Å². The van der Waals surface area contributed by atoms with Crippen molar-refractivity contribution in [1.82, 2.24) is 0 Å². The molecule has 0 saturated heterocycles. The van der Waals surface area contributed by atoms with Crippen molar-refractivity contribution in [2.24, 2.45) is 0 Å². The fourth-order valence-corrected chi connectivity index (χ4v) is 3.19. The second-order valence-electron chi connectivity index (χ2n) is 5.66. The molecule has 0 spiro atoms. The fraction of sp³-hybridized carbons (Fsp3) is 0.0476. The lowest BCUT2D eigenvalue weighted by Crippen LogP contribution is -1.88. The lowest BCUT2D eigenvalue weighted by molar-refractivity contribution is 0.474. The molecule has 1 nitrogen and oxygen atoms in total. The van der Waals surface area contributed by atoms with E-state index < -0.39 is 0 Å². The van der Waals surface area contributed by atoms with Gasteiger partial charge in [0.1, 0.15) is 5.75 Å². The third-order valence-electron chi connectivity index (χ3n) is 4.27. The standard InChI is InChI=1S/C21H16O/c1-14-13-16-8-3-5-11-18(16)20(21(14)22)19-12-6-9-15-7-2-4-10-17(15)19/h2-13,22H,1H3. The highest BCUT2D eigenvalue weighted by molar-refractivity contribution is 6.08. The second-order valence-corrected chi connectivity index (χ2v) is 5.66. The van der Waals surface area contributed by atoms with Gasteiger partial charge in [0.2, 0.25) is 0 Å². The van der Waals surface area contributed by atoms with Crippen LogP contribution >= 0.6 is 0 Å². The first-order valence-corrected chi connectivity index (χ1v) is 7.45. The van der Waals surface area contributed by atoms with Crippen LogP contribution in [0.1, 0.15) is 5.56 Å². The molecule has 4 aromatic rings. The number of aromatic hydroxyl groups is 1. The minimum absolute atomic E-state index is 0.370. The summed E-state index contributed by atoms with van der Waals surface area (Å²) in [4.78, 5) is 0. The number of hydrogen-bond donors (Lipinski definition) is 1. The number of phenols is 1. The lowest BCUT2D eigenvalue weighted by atomic mass is 9.91. The number of aryl methyl sites for hydroxylation is 1. The maximum absolute atomic E-state index is 10.7. The number of fused-ring (bicyclic) bond motifs is 2. The summed E-state index contributed by atoms with van der Waals surface area (Å²) in [5, 5.41) is 15.3. The molecule has 0 fully saturated rings. The van der Waals surface area contributed by atoms with Crippen molar-refractivity contribution in [3.05, 3.63) is 78.4 Å². The van der Waals surface area contributed by atoms with Crippen LogP contribution in [0.3, 0.4) is 0 Å². The molecule has 22 heavy (non-hydrogen) atoms. The van der Waals surface area contributed by atoms with Gasteiger partial charge in [-0.1, -0.05) is 66.7 Å². The summed E-state index contributed by atoms with van der Waals surface area (Å²) in [6.45, 7) is 1.95. The SMILES string of the molecule is Cc1cc2ccccc2c(-c2cccc3ccccc23)c1O. The molecule has 0 bridgehead atoms. The van der Waals surface area contributed by atoms with E-state index in [0.29, 0.717) is 5.75 Å². The Labute approximate surface area is 129 Å². The molecule has 0 atom stereocenters. The Hall–Kier alpha value is -2.80. The van der Waals surface area contributed by atoms with Gasteiger partial charge in [-0.05, 0) is 45.7 Å². The highest BCUT2D eigenvalue weighted by Gasteiger charge is 2.14. The monoisotopic (exact) mass is 284 g/mol. The summed E-state index contributed by atoms with van der Waals surface area (Å²) in [5.74, 6) is 0.370. The molecule has 1 N–H and O–H groups in total. The van der Waals surface area contributed by atoms with Crippen LogP contribution in [0.25, 0.3) is 32.7 Å². The molecule has 106 valence electrons. The van der Waals surface area contributed by atoms with Gasteiger partial charge in [-0.25, -0.2) is 0 Å². The molecule has 4 aromatic carbocycles. The first-order valence-electron chi connectivity index (χ1n) is 7.45. The highest BCUT2D eigenvalue weighted by Crippen LogP contribution is 2.41. The predicted octanol–water partition coefficient (Wildman–Crippen LogP) is 5.67. The molecule has 0 aromatic heterocycles. The van der Waals surface area contributed by atoms with Crippen LogP contribution < -0.4 is 0 Å². The van der Waals surface area contributed by atoms with Gasteiger partial charge in [0.05, 0.1) is 0 Å². The van der Waals surface area contributed by atoms with E-state index in [9.17, 15) is 5.11 Å². The first-order chi connectivity index (χ1) is 10.8. The van der Waals surface area contributed by atoms with Gasteiger partial charge in [0.15, 0.2) is 0 Å². The Morgan fingerprint density at radius 1 is 0.682 bits per heavy atom. The van der Waals surface area contributed by atoms with Crippen molar-refractivity contribution >= 4 is 21.5 Å². The maximum Gasteiger partial charge on any atom is 0.126 e. The largest absolute Gasteiger partial charge is 0.507 e. The molecule has 0 radical (unpaired) electrons. The van der Waals surface area contributed by atoms with Crippen LogP contribution in [0.15, 0.2) is 72.8 Å². The van der Waals surface area contributed by atoms with Gasteiger partial charge >= 0.3 is 0 Å². The van der Waals surface area contributed by atoms with E-state index in [-0.39, 0.29) is 0 Å². The van der Waals surface area contributed by atoms with Crippen LogP contribution in [0.4, 0.5) is 0 Å². The minimum Gasteiger partial charge on any atom is -0.507 e. The second kappa shape index (κ2) is 4.88. The van der Waals surface area contributed by atoms with Crippen LogP contribution in [-0.4, -0.2) is 5.11 Å². The maximum atomic E-state index is 10.7. The molecule has 0 saturated carbocycles. The van der Waals surface area contributed by atoms with E-state index in [1.54, 1.807) is 0 Å². The van der Waals surface area contributed by atoms with Crippen molar-refractivity contribution in [3.63, 3.8) is 0 Å². The average Bonchev–Trinajstić information content (AvgIpc) is 2.56. The highest BCUT2D eigenvalue weighted by atomic mass is 16.3. The normalized spacial score (nSPS) is 11.1. The molecular weight excluding hydrogens is 268 g/mol. The van der Waals surface area contributed by atoms with E-state index in [4.69, 9.17) is 0 Å². The topological polar surface area (TPSA) is 20.2 Å².